The number of carbonyl (C=O) groups is 1. The number of piperidine rings is 1. The Balaban J connectivity index is 2.09. The third-order valence-corrected chi connectivity index (χ3v) is 2.95. The third kappa shape index (κ3) is 5.47. The summed E-state index contributed by atoms with van der Waals surface area (Å²) in [7, 11) is 1.61. The molecular formula is C12H23NO3. The van der Waals surface area contributed by atoms with Crippen molar-refractivity contribution in [1.29, 1.82) is 0 Å². The van der Waals surface area contributed by atoms with Gasteiger partial charge in [-0.15, -0.1) is 0 Å². The molecule has 0 aromatic heterocycles. The first-order valence-corrected chi connectivity index (χ1v) is 6.11. The molecule has 4 nitrogen and oxygen atoms in total. The molecule has 0 spiro atoms. The van der Waals surface area contributed by atoms with Gasteiger partial charge in [0.1, 0.15) is 6.10 Å². The van der Waals surface area contributed by atoms with E-state index < -0.39 is 0 Å². The van der Waals surface area contributed by atoms with Crippen molar-refractivity contribution in [3.05, 3.63) is 0 Å². The van der Waals surface area contributed by atoms with E-state index in [9.17, 15) is 4.79 Å². The van der Waals surface area contributed by atoms with Gasteiger partial charge in [-0.05, 0) is 45.2 Å². The monoisotopic (exact) mass is 229 g/mol. The summed E-state index contributed by atoms with van der Waals surface area (Å²) < 4.78 is 10.1. The molecule has 0 radical (unpaired) electrons. The highest BCUT2D eigenvalue weighted by Crippen LogP contribution is 2.18. The summed E-state index contributed by atoms with van der Waals surface area (Å²) in [5, 5.41) is 3.32. The fourth-order valence-electron chi connectivity index (χ4n) is 2.04. The first-order chi connectivity index (χ1) is 7.72. The highest BCUT2D eigenvalue weighted by Gasteiger charge is 2.16. The summed E-state index contributed by atoms with van der Waals surface area (Å²) in [6.45, 7) is 4.49. The number of hydrogen-bond acceptors (Lipinski definition) is 4. The van der Waals surface area contributed by atoms with Crippen LogP contribution in [0.1, 0.15) is 32.6 Å². The van der Waals surface area contributed by atoms with Crippen molar-refractivity contribution in [1.82, 2.24) is 5.32 Å². The van der Waals surface area contributed by atoms with Gasteiger partial charge in [0, 0.05) is 13.5 Å². The predicted octanol–water partition coefficient (Wildman–Crippen LogP) is 1.34. The molecule has 1 fully saturated rings. The molecule has 0 aromatic carbocycles. The lowest BCUT2D eigenvalue weighted by Crippen LogP contribution is -2.28. The smallest absolute Gasteiger partial charge is 0.306 e. The Labute approximate surface area is 97.7 Å². The van der Waals surface area contributed by atoms with Crippen molar-refractivity contribution in [2.75, 3.05) is 26.8 Å². The first-order valence-electron chi connectivity index (χ1n) is 6.11. The summed E-state index contributed by atoms with van der Waals surface area (Å²) in [6.07, 6.45) is 3.73. The van der Waals surface area contributed by atoms with Gasteiger partial charge in [0.25, 0.3) is 0 Å². The van der Waals surface area contributed by atoms with Crippen LogP contribution in [0.4, 0.5) is 0 Å². The van der Waals surface area contributed by atoms with Crippen LogP contribution in [0.3, 0.4) is 0 Å². The molecule has 0 aromatic rings. The first kappa shape index (κ1) is 13.5. The van der Waals surface area contributed by atoms with Crippen molar-refractivity contribution in [3.8, 4) is 0 Å². The number of methoxy groups -OCH3 is 1. The van der Waals surface area contributed by atoms with E-state index >= 15 is 0 Å². The van der Waals surface area contributed by atoms with Gasteiger partial charge in [-0.1, -0.05) is 0 Å². The predicted molar refractivity (Wildman–Crippen MR) is 62.3 cm³/mol. The van der Waals surface area contributed by atoms with Crippen LogP contribution in [0.2, 0.25) is 0 Å². The van der Waals surface area contributed by atoms with E-state index in [1.165, 1.54) is 12.8 Å². The van der Waals surface area contributed by atoms with Crippen LogP contribution in [0.15, 0.2) is 0 Å². The number of rotatable bonds is 6. The molecule has 1 saturated heterocycles. The lowest BCUT2D eigenvalue weighted by molar-refractivity contribution is -0.150. The highest BCUT2D eigenvalue weighted by atomic mass is 16.6. The molecule has 1 N–H and O–H groups in total. The van der Waals surface area contributed by atoms with Gasteiger partial charge in [-0.25, -0.2) is 0 Å². The van der Waals surface area contributed by atoms with Crippen molar-refractivity contribution >= 4 is 5.97 Å². The van der Waals surface area contributed by atoms with Gasteiger partial charge in [-0.3, -0.25) is 4.79 Å². The zero-order valence-corrected chi connectivity index (χ0v) is 10.3. The molecule has 1 aliphatic rings. The Hall–Kier alpha value is -0.610. The van der Waals surface area contributed by atoms with Crippen molar-refractivity contribution in [2.45, 2.75) is 38.7 Å². The van der Waals surface area contributed by atoms with Crippen LogP contribution < -0.4 is 5.32 Å². The zero-order chi connectivity index (χ0) is 11.8. The van der Waals surface area contributed by atoms with Gasteiger partial charge in [-0.2, -0.15) is 0 Å². The third-order valence-electron chi connectivity index (χ3n) is 2.95. The second kappa shape index (κ2) is 7.63. The maximum atomic E-state index is 11.5. The Morgan fingerprint density at radius 2 is 2.12 bits per heavy atom. The van der Waals surface area contributed by atoms with Crippen LogP contribution in [-0.2, 0) is 14.3 Å². The Bertz CT molecular complexity index is 202. The minimum absolute atomic E-state index is 0.0944. The quantitative estimate of drug-likeness (QED) is 0.698. The van der Waals surface area contributed by atoms with Crippen molar-refractivity contribution < 1.29 is 14.3 Å². The van der Waals surface area contributed by atoms with E-state index in [0.29, 0.717) is 18.9 Å². The summed E-state index contributed by atoms with van der Waals surface area (Å²) in [5.41, 5.74) is 0. The molecule has 0 amide bonds. The minimum atomic E-state index is -0.134. The number of hydrogen-bond donors (Lipinski definition) is 1. The molecule has 16 heavy (non-hydrogen) atoms. The Morgan fingerprint density at radius 1 is 1.44 bits per heavy atom. The van der Waals surface area contributed by atoms with Crippen LogP contribution in [0, 0.1) is 5.92 Å². The molecule has 0 saturated carbocycles. The molecule has 0 bridgehead atoms. The average Bonchev–Trinajstić information content (AvgIpc) is 2.28. The van der Waals surface area contributed by atoms with Gasteiger partial charge < -0.3 is 14.8 Å². The maximum absolute atomic E-state index is 11.5. The minimum Gasteiger partial charge on any atom is -0.460 e. The maximum Gasteiger partial charge on any atom is 0.306 e. The van der Waals surface area contributed by atoms with Crippen LogP contribution in [0.5, 0.6) is 0 Å². The average molecular weight is 229 g/mol. The van der Waals surface area contributed by atoms with Crippen LogP contribution in [-0.4, -0.2) is 38.9 Å². The zero-order valence-electron chi connectivity index (χ0n) is 10.3. The standard InChI is InChI=1S/C12H23NO3/c1-10(9-15-2)16-12(14)4-3-11-5-7-13-8-6-11/h10-11,13H,3-9H2,1-2H3. The fraction of sp³-hybridized carbons (Fsp3) is 0.917. The SMILES string of the molecule is COCC(C)OC(=O)CCC1CCNCC1. The summed E-state index contributed by atoms with van der Waals surface area (Å²) in [5.74, 6) is 0.592. The normalized spacial score (nSPS) is 19.4. The summed E-state index contributed by atoms with van der Waals surface area (Å²) >= 11 is 0. The van der Waals surface area contributed by atoms with Gasteiger partial charge in [0.15, 0.2) is 0 Å². The molecule has 1 atom stereocenters. The van der Waals surface area contributed by atoms with E-state index in [-0.39, 0.29) is 12.1 Å². The lowest BCUT2D eigenvalue weighted by Gasteiger charge is -2.22. The van der Waals surface area contributed by atoms with Crippen molar-refractivity contribution in [2.24, 2.45) is 5.92 Å². The van der Waals surface area contributed by atoms with E-state index in [1.54, 1.807) is 7.11 Å². The van der Waals surface area contributed by atoms with Crippen LogP contribution >= 0.6 is 0 Å². The summed E-state index contributed by atoms with van der Waals surface area (Å²) in [6, 6.07) is 0. The van der Waals surface area contributed by atoms with E-state index in [2.05, 4.69) is 5.32 Å². The summed E-state index contributed by atoms with van der Waals surface area (Å²) in [4.78, 5) is 11.5. The molecular weight excluding hydrogens is 206 g/mol. The topological polar surface area (TPSA) is 47.6 Å². The molecule has 94 valence electrons. The number of ether oxygens (including phenoxy) is 2. The number of carbonyl (C=O) groups excluding carboxylic acids is 1. The second-order valence-electron chi connectivity index (χ2n) is 4.49. The molecule has 1 heterocycles. The van der Waals surface area contributed by atoms with Crippen molar-refractivity contribution in [3.63, 3.8) is 0 Å². The molecule has 1 unspecified atom stereocenters. The second-order valence-corrected chi connectivity index (χ2v) is 4.49. The lowest BCUT2D eigenvalue weighted by atomic mass is 9.93. The molecule has 1 rings (SSSR count). The van der Waals surface area contributed by atoms with Crippen LogP contribution in [0.25, 0.3) is 0 Å². The Kier molecular flexibility index (Phi) is 6.42. The van der Waals surface area contributed by atoms with E-state index in [4.69, 9.17) is 9.47 Å². The Morgan fingerprint density at radius 3 is 2.75 bits per heavy atom. The molecule has 0 aliphatic carbocycles. The largest absolute Gasteiger partial charge is 0.460 e. The molecule has 1 aliphatic heterocycles. The highest BCUT2D eigenvalue weighted by molar-refractivity contribution is 5.69. The number of nitrogens with one attached hydrogen (secondary N) is 1. The molecule has 4 heteroatoms. The van der Waals surface area contributed by atoms with Gasteiger partial charge in [0.05, 0.1) is 6.61 Å². The number of esters is 1. The van der Waals surface area contributed by atoms with E-state index in [0.717, 1.165) is 19.5 Å². The van der Waals surface area contributed by atoms with E-state index in [1.807, 2.05) is 6.92 Å². The fourth-order valence-corrected chi connectivity index (χ4v) is 2.04. The van der Waals surface area contributed by atoms with Gasteiger partial charge in [0.2, 0.25) is 0 Å². The van der Waals surface area contributed by atoms with Gasteiger partial charge >= 0.3 is 5.97 Å².